The Morgan fingerprint density at radius 1 is 1.03 bits per heavy atom. The zero-order valence-electron chi connectivity index (χ0n) is 16.2. The second-order valence-corrected chi connectivity index (χ2v) is 7.39. The normalized spacial score (nSPS) is 11.4. The lowest BCUT2D eigenvalue weighted by Crippen LogP contribution is -1.90. The molecule has 5 aromatic rings. The number of aromatic amines is 1. The molecule has 0 spiro atoms. The van der Waals surface area contributed by atoms with Crippen LogP contribution >= 0.6 is 11.6 Å². The third kappa shape index (κ3) is 2.69. The summed E-state index contributed by atoms with van der Waals surface area (Å²) < 4.78 is 11.1. The Balaban J connectivity index is 1.86. The van der Waals surface area contributed by atoms with E-state index in [1.54, 1.807) is 13.3 Å². The lowest BCUT2D eigenvalue weighted by Gasteiger charge is -2.10. The summed E-state index contributed by atoms with van der Waals surface area (Å²) in [7, 11) is 1.67. The summed E-state index contributed by atoms with van der Waals surface area (Å²) in [4.78, 5) is 8.16. The van der Waals surface area contributed by atoms with Crippen molar-refractivity contribution < 1.29 is 9.26 Å². The summed E-state index contributed by atoms with van der Waals surface area (Å²) in [6.07, 6.45) is 1.79. The maximum Gasteiger partial charge on any atom is 0.141 e. The lowest BCUT2D eigenvalue weighted by atomic mass is 9.99. The number of aromatic nitrogens is 3. The molecule has 0 aliphatic carbocycles. The monoisotopic (exact) mass is 403 g/mol. The Morgan fingerprint density at radius 3 is 2.59 bits per heavy atom. The van der Waals surface area contributed by atoms with Crippen LogP contribution in [-0.2, 0) is 0 Å². The van der Waals surface area contributed by atoms with Gasteiger partial charge < -0.3 is 14.2 Å². The summed E-state index contributed by atoms with van der Waals surface area (Å²) in [5, 5.41) is 6.79. The van der Waals surface area contributed by atoms with E-state index in [0.717, 1.165) is 61.4 Å². The van der Waals surface area contributed by atoms with Gasteiger partial charge in [-0.05, 0) is 38.1 Å². The molecule has 6 heteroatoms. The fraction of sp³-hybridized carbons (Fsp3) is 0.130. The van der Waals surface area contributed by atoms with Crippen molar-refractivity contribution in [1.82, 2.24) is 15.1 Å². The van der Waals surface area contributed by atoms with Crippen LogP contribution in [0.2, 0.25) is 5.02 Å². The fourth-order valence-electron chi connectivity index (χ4n) is 3.96. The van der Waals surface area contributed by atoms with Gasteiger partial charge in [-0.25, -0.2) is 0 Å². The van der Waals surface area contributed by atoms with Crippen LogP contribution in [0.5, 0.6) is 5.75 Å². The summed E-state index contributed by atoms with van der Waals surface area (Å²) >= 11 is 6.47. The van der Waals surface area contributed by atoms with Gasteiger partial charge in [0, 0.05) is 38.6 Å². The van der Waals surface area contributed by atoms with Crippen LogP contribution in [0.3, 0.4) is 0 Å². The van der Waals surface area contributed by atoms with Gasteiger partial charge in [-0.1, -0.05) is 35.0 Å². The van der Waals surface area contributed by atoms with Gasteiger partial charge in [-0.15, -0.1) is 0 Å². The number of fused-ring (bicyclic) bond motifs is 3. The quantitative estimate of drug-likeness (QED) is 0.383. The molecule has 144 valence electrons. The van der Waals surface area contributed by atoms with E-state index in [1.807, 2.05) is 50.2 Å². The van der Waals surface area contributed by atoms with Crippen LogP contribution in [0.4, 0.5) is 0 Å². The summed E-state index contributed by atoms with van der Waals surface area (Å²) in [5.41, 5.74) is 6.43. The minimum Gasteiger partial charge on any atom is -0.496 e. The Hall–Kier alpha value is -3.31. The number of halogens is 1. The van der Waals surface area contributed by atoms with Crippen molar-refractivity contribution in [1.29, 1.82) is 0 Å². The molecular formula is C23H18ClN3O2. The number of hydrogen-bond donors (Lipinski definition) is 1. The van der Waals surface area contributed by atoms with Crippen molar-refractivity contribution in [2.24, 2.45) is 0 Å². The molecule has 0 aliphatic rings. The van der Waals surface area contributed by atoms with Crippen molar-refractivity contribution in [3.63, 3.8) is 0 Å². The van der Waals surface area contributed by atoms with Crippen molar-refractivity contribution in [2.75, 3.05) is 7.11 Å². The molecule has 0 saturated heterocycles. The van der Waals surface area contributed by atoms with Gasteiger partial charge >= 0.3 is 0 Å². The molecule has 0 amide bonds. The number of hydrogen-bond acceptors (Lipinski definition) is 4. The predicted molar refractivity (Wildman–Crippen MR) is 116 cm³/mol. The first-order chi connectivity index (χ1) is 14.1. The average molecular weight is 404 g/mol. The number of pyridine rings is 1. The molecular weight excluding hydrogens is 386 g/mol. The Kier molecular flexibility index (Phi) is 4.07. The van der Waals surface area contributed by atoms with Crippen LogP contribution in [-0.4, -0.2) is 22.2 Å². The summed E-state index contributed by atoms with van der Waals surface area (Å²) in [6, 6.07) is 13.8. The number of H-pyrrole nitrogens is 1. The standard InChI is InChI=1S/C23H18ClN3O2/c1-12-21(13(2)29-27-12)16-10-19-15(11-20(16)28-3)22-18(26-19)8-9-25-23(22)14-6-4-5-7-17(14)24/h4-11,26H,1-3H3. The van der Waals surface area contributed by atoms with Gasteiger partial charge in [0.05, 0.1) is 29.6 Å². The second kappa shape index (κ2) is 6.64. The van der Waals surface area contributed by atoms with Crippen LogP contribution in [0.1, 0.15) is 11.5 Å². The minimum absolute atomic E-state index is 0.668. The molecule has 0 saturated carbocycles. The molecule has 3 aromatic heterocycles. The third-order valence-electron chi connectivity index (χ3n) is 5.26. The zero-order chi connectivity index (χ0) is 20.1. The predicted octanol–water partition coefficient (Wildman–Crippen LogP) is 6.32. The van der Waals surface area contributed by atoms with Crippen molar-refractivity contribution in [2.45, 2.75) is 13.8 Å². The van der Waals surface area contributed by atoms with Crippen LogP contribution < -0.4 is 4.74 Å². The topological polar surface area (TPSA) is 63.9 Å². The van der Waals surface area contributed by atoms with E-state index in [1.165, 1.54) is 0 Å². The van der Waals surface area contributed by atoms with E-state index in [-0.39, 0.29) is 0 Å². The van der Waals surface area contributed by atoms with Gasteiger partial charge in [0.25, 0.3) is 0 Å². The zero-order valence-corrected chi connectivity index (χ0v) is 17.0. The molecule has 0 bridgehead atoms. The molecule has 29 heavy (non-hydrogen) atoms. The minimum atomic E-state index is 0.668. The maximum atomic E-state index is 6.47. The first-order valence-corrected chi connectivity index (χ1v) is 9.63. The molecule has 2 aromatic carbocycles. The highest BCUT2D eigenvalue weighted by Crippen LogP contribution is 2.42. The summed E-state index contributed by atoms with van der Waals surface area (Å²) in [6.45, 7) is 3.84. The molecule has 0 aliphatic heterocycles. The number of rotatable bonds is 3. The number of aryl methyl sites for hydroxylation is 2. The molecule has 3 heterocycles. The number of methoxy groups -OCH3 is 1. The van der Waals surface area contributed by atoms with Gasteiger partial charge in [0.2, 0.25) is 0 Å². The third-order valence-corrected chi connectivity index (χ3v) is 5.59. The Morgan fingerprint density at radius 2 is 1.86 bits per heavy atom. The van der Waals surface area contributed by atoms with E-state index in [9.17, 15) is 0 Å². The second-order valence-electron chi connectivity index (χ2n) is 6.98. The van der Waals surface area contributed by atoms with Crippen molar-refractivity contribution in [3.8, 4) is 28.1 Å². The molecule has 1 N–H and O–H groups in total. The number of nitrogens with one attached hydrogen (secondary N) is 1. The molecule has 0 radical (unpaired) electrons. The highest BCUT2D eigenvalue weighted by atomic mass is 35.5. The van der Waals surface area contributed by atoms with Crippen LogP contribution in [0.15, 0.2) is 53.2 Å². The molecule has 0 fully saturated rings. The van der Waals surface area contributed by atoms with E-state index >= 15 is 0 Å². The van der Waals surface area contributed by atoms with Crippen LogP contribution in [0, 0.1) is 13.8 Å². The first kappa shape index (κ1) is 17.8. The maximum absolute atomic E-state index is 6.47. The fourth-order valence-corrected chi connectivity index (χ4v) is 4.19. The average Bonchev–Trinajstić information content (AvgIpc) is 3.26. The lowest BCUT2D eigenvalue weighted by molar-refractivity contribution is 0.393. The largest absolute Gasteiger partial charge is 0.496 e. The number of nitrogens with zero attached hydrogens (tertiary/aromatic N) is 2. The molecule has 0 atom stereocenters. The van der Waals surface area contributed by atoms with Crippen molar-refractivity contribution >= 4 is 33.4 Å². The van der Waals surface area contributed by atoms with Crippen LogP contribution in [0.25, 0.3) is 44.2 Å². The molecule has 0 unspecified atom stereocenters. The smallest absolute Gasteiger partial charge is 0.141 e. The van der Waals surface area contributed by atoms with Gasteiger partial charge in [-0.3, -0.25) is 4.98 Å². The van der Waals surface area contributed by atoms with E-state index in [4.69, 9.17) is 20.9 Å². The molecule has 5 rings (SSSR count). The van der Waals surface area contributed by atoms with Gasteiger partial charge in [-0.2, -0.15) is 0 Å². The van der Waals surface area contributed by atoms with Crippen molar-refractivity contribution in [3.05, 3.63) is 65.1 Å². The van der Waals surface area contributed by atoms with Gasteiger partial charge in [0.1, 0.15) is 11.5 Å². The SMILES string of the molecule is COc1cc2c(cc1-c1c(C)noc1C)[nH]c1ccnc(-c3ccccc3Cl)c12. The Bertz CT molecular complexity index is 1360. The molecule has 5 nitrogen and oxygen atoms in total. The highest BCUT2D eigenvalue weighted by molar-refractivity contribution is 6.34. The van der Waals surface area contributed by atoms with E-state index in [2.05, 4.69) is 21.2 Å². The van der Waals surface area contributed by atoms with Gasteiger partial charge in [0.15, 0.2) is 0 Å². The highest BCUT2D eigenvalue weighted by Gasteiger charge is 2.20. The van der Waals surface area contributed by atoms with E-state index < -0.39 is 0 Å². The number of benzene rings is 2. The number of ether oxygens (including phenoxy) is 1. The summed E-state index contributed by atoms with van der Waals surface area (Å²) in [5.74, 6) is 1.51. The first-order valence-electron chi connectivity index (χ1n) is 9.25. The van der Waals surface area contributed by atoms with E-state index in [0.29, 0.717) is 5.02 Å². The Labute approximate surface area is 172 Å².